The average molecular weight is 374 g/mol. The van der Waals surface area contributed by atoms with Gasteiger partial charge in [-0.2, -0.15) is 0 Å². The van der Waals surface area contributed by atoms with Gasteiger partial charge in [-0.25, -0.2) is 8.42 Å². The van der Waals surface area contributed by atoms with Gasteiger partial charge < -0.3 is 40.3 Å². The van der Waals surface area contributed by atoms with E-state index in [0.717, 1.165) is 0 Å². The van der Waals surface area contributed by atoms with Crippen LogP contribution in [0, 0.1) is 11.8 Å². The Labute approximate surface area is 138 Å². The molecule has 142 valence electrons. The third-order valence-electron chi connectivity index (χ3n) is 4.00. The van der Waals surface area contributed by atoms with Crippen molar-refractivity contribution in [1.82, 2.24) is 0 Å². The van der Waals surface area contributed by atoms with Gasteiger partial charge in [-0.3, -0.25) is 4.18 Å². The van der Waals surface area contributed by atoms with Crippen LogP contribution in [0.15, 0.2) is 0 Å². The lowest BCUT2D eigenvalue weighted by Gasteiger charge is -2.29. The van der Waals surface area contributed by atoms with Gasteiger partial charge in [-0.15, -0.1) is 0 Å². The quantitative estimate of drug-likeness (QED) is 0.116. The molecule has 0 saturated heterocycles. The van der Waals surface area contributed by atoms with Crippen molar-refractivity contribution in [3.05, 3.63) is 5.92 Å². The molecule has 0 spiro atoms. The Morgan fingerprint density at radius 2 is 1.75 bits per heavy atom. The summed E-state index contributed by atoms with van der Waals surface area (Å²) in [6, 6.07) is 0. The van der Waals surface area contributed by atoms with E-state index in [1.165, 1.54) is 0 Å². The zero-order valence-electron chi connectivity index (χ0n) is 12.5. The maximum atomic E-state index is 10.8. The summed E-state index contributed by atoms with van der Waals surface area (Å²) in [5, 5.41) is 66.5. The smallest absolute Gasteiger partial charge is 0.218 e. The first-order valence-corrected chi connectivity index (χ1v) is 8.45. The van der Waals surface area contributed by atoms with Gasteiger partial charge in [0.15, 0.2) is 5.92 Å². The molecule has 1 aliphatic carbocycles. The molecule has 0 aromatic rings. The van der Waals surface area contributed by atoms with E-state index in [1.54, 1.807) is 0 Å². The molecule has 1 aliphatic rings. The summed E-state index contributed by atoms with van der Waals surface area (Å²) in [6.07, 6.45) is -10.9. The average Bonchev–Trinajstić information content (AvgIpc) is 2.76. The molecular formula is C12H22O11S. The summed E-state index contributed by atoms with van der Waals surface area (Å²) in [6.45, 7) is -1.53. The molecule has 0 bridgehead atoms. The van der Waals surface area contributed by atoms with Crippen LogP contribution >= 0.6 is 0 Å². The Kier molecular flexibility index (Phi) is 7.80. The SMILES string of the molecule is O=S(=O)([O-])O[C@@H]([C@H](O)[C@@H](O)CO)[C@H](O)C[C+]1C[C@@H](O)[C@H](O)[C@H]1CO. The van der Waals surface area contributed by atoms with Crippen LogP contribution in [0.5, 0.6) is 0 Å². The molecule has 12 heteroatoms. The van der Waals surface area contributed by atoms with Gasteiger partial charge in [-0.05, 0) is 0 Å². The van der Waals surface area contributed by atoms with E-state index in [9.17, 15) is 43.6 Å². The fourth-order valence-electron chi connectivity index (χ4n) is 2.72. The van der Waals surface area contributed by atoms with E-state index >= 15 is 0 Å². The summed E-state index contributed by atoms with van der Waals surface area (Å²) in [5.74, 6) is -0.619. The molecule has 1 fully saturated rings. The monoisotopic (exact) mass is 374 g/mol. The number of rotatable bonds is 9. The van der Waals surface area contributed by atoms with Crippen LogP contribution in [0.25, 0.3) is 0 Å². The Hall–Kier alpha value is -0.540. The Morgan fingerprint density at radius 1 is 1.17 bits per heavy atom. The highest BCUT2D eigenvalue weighted by atomic mass is 32.3. The van der Waals surface area contributed by atoms with E-state index < -0.39 is 72.6 Å². The highest BCUT2D eigenvalue weighted by Crippen LogP contribution is 2.38. The van der Waals surface area contributed by atoms with Gasteiger partial charge in [0, 0.05) is 0 Å². The lowest BCUT2D eigenvalue weighted by molar-refractivity contribution is -0.106. The minimum atomic E-state index is -5.35. The maximum absolute atomic E-state index is 10.8. The molecule has 24 heavy (non-hydrogen) atoms. The molecule has 7 atom stereocenters. The minimum Gasteiger partial charge on any atom is -0.726 e. The second-order valence-electron chi connectivity index (χ2n) is 5.69. The fourth-order valence-corrected chi connectivity index (χ4v) is 3.23. The zero-order chi connectivity index (χ0) is 18.7. The first-order chi connectivity index (χ1) is 11.0. The minimum absolute atomic E-state index is 0.0983. The van der Waals surface area contributed by atoms with Crippen molar-refractivity contribution in [2.45, 2.75) is 49.5 Å². The van der Waals surface area contributed by atoms with Crippen molar-refractivity contribution in [3.8, 4) is 0 Å². The molecule has 0 aromatic carbocycles. The summed E-state index contributed by atoms with van der Waals surface area (Å²) >= 11 is 0. The number of hydrogen-bond donors (Lipinski definition) is 7. The van der Waals surface area contributed by atoms with Gasteiger partial charge in [0.2, 0.25) is 10.4 Å². The predicted octanol–water partition coefficient (Wildman–Crippen LogP) is -4.39. The van der Waals surface area contributed by atoms with Crippen LogP contribution in [-0.2, 0) is 14.6 Å². The van der Waals surface area contributed by atoms with Crippen LogP contribution in [0.1, 0.15) is 12.8 Å². The molecule has 0 unspecified atom stereocenters. The van der Waals surface area contributed by atoms with Crippen molar-refractivity contribution in [2.24, 2.45) is 5.92 Å². The first kappa shape index (κ1) is 21.5. The van der Waals surface area contributed by atoms with Crippen LogP contribution in [-0.4, -0.2) is 98.6 Å². The Balaban J connectivity index is 2.89. The van der Waals surface area contributed by atoms with Gasteiger partial charge >= 0.3 is 0 Å². The zero-order valence-corrected chi connectivity index (χ0v) is 13.4. The van der Waals surface area contributed by atoms with E-state index in [0.29, 0.717) is 0 Å². The van der Waals surface area contributed by atoms with E-state index in [2.05, 4.69) is 4.18 Å². The standard InChI is InChI=1S/C12H22O11S/c13-3-6-5(1-7(15)10(6)18)2-8(16)12(23-24(20,21)22)11(19)9(17)4-14/h6-19H,1-4H2/t6-,7+,8+,9-,10+,11+,12+/m0/s1. The van der Waals surface area contributed by atoms with Crippen molar-refractivity contribution >= 4 is 10.4 Å². The highest BCUT2D eigenvalue weighted by Gasteiger charge is 2.52. The number of aliphatic hydroxyl groups is 7. The van der Waals surface area contributed by atoms with Crippen molar-refractivity contribution < 1.29 is 52.9 Å². The van der Waals surface area contributed by atoms with Crippen molar-refractivity contribution in [2.75, 3.05) is 13.2 Å². The largest absolute Gasteiger partial charge is 0.726 e. The van der Waals surface area contributed by atoms with E-state index in [1.807, 2.05) is 0 Å². The fraction of sp³-hybridized carbons (Fsp3) is 0.917. The number of hydrogen-bond acceptors (Lipinski definition) is 11. The molecule has 0 amide bonds. The second kappa shape index (κ2) is 8.71. The second-order valence-corrected chi connectivity index (χ2v) is 6.70. The molecule has 1 saturated carbocycles. The molecule has 0 heterocycles. The summed E-state index contributed by atoms with van der Waals surface area (Å²) in [5.41, 5.74) is 0. The Bertz CT molecular complexity index is 483. The highest BCUT2D eigenvalue weighted by molar-refractivity contribution is 7.80. The lowest BCUT2D eigenvalue weighted by Crippen LogP contribution is -2.49. The topological polar surface area (TPSA) is 208 Å². The van der Waals surface area contributed by atoms with Crippen LogP contribution in [0.4, 0.5) is 0 Å². The van der Waals surface area contributed by atoms with Gasteiger partial charge in [-0.1, -0.05) is 0 Å². The van der Waals surface area contributed by atoms with Crippen LogP contribution < -0.4 is 0 Å². The molecule has 0 aliphatic heterocycles. The van der Waals surface area contributed by atoms with Crippen molar-refractivity contribution in [3.63, 3.8) is 0 Å². The molecule has 11 nitrogen and oxygen atoms in total. The van der Waals surface area contributed by atoms with E-state index in [4.69, 9.17) is 5.11 Å². The van der Waals surface area contributed by atoms with Crippen LogP contribution in [0.3, 0.4) is 0 Å². The molecule has 0 radical (unpaired) electrons. The summed E-state index contributed by atoms with van der Waals surface area (Å²) in [7, 11) is -5.35. The third-order valence-corrected chi connectivity index (χ3v) is 4.45. The normalized spacial score (nSPS) is 30.2. The van der Waals surface area contributed by atoms with Crippen LogP contribution in [0.2, 0.25) is 0 Å². The van der Waals surface area contributed by atoms with Gasteiger partial charge in [0.1, 0.15) is 55.4 Å². The first-order valence-electron chi connectivity index (χ1n) is 7.12. The lowest BCUT2D eigenvalue weighted by atomic mass is 9.87. The molecule has 0 aromatic heterocycles. The summed E-state index contributed by atoms with van der Waals surface area (Å²) in [4.78, 5) is 0. The molecule has 7 N–H and O–H groups in total. The van der Waals surface area contributed by atoms with Crippen molar-refractivity contribution in [1.29, 1.82) is 0 Å². The molecular weight excluding hydrogens is 352 g/mol. The third kappa shape index (κ3) is 5.49. The Morgan fingerprint density at radius 3 is 2.21 bits per heavy atom. The molecule has 1 rings (SSSR count). The van der Waals surface area contributed by atoms with Gasteiger partial charge in [0.05, 0.1) is 13.2 Å². The van der Waals surface area contributed by atoms with E-state index in [-0.39, 0.29) is 12.3 Å². The summed E-state index contributed by atoms with van der Waals surface area (Å²) < 4.78 is 36.3. The predicted molar refractivity (Wildman–Crippen MR) is 74.7 cm³/mol. The van der Waals surface area contributed by atoms with Gasteiger partial charge in [0.25, 0.3) is 0 Å². The maximum Gasteiger partial charge on any atom is 0.218 e. The number of aliphatic hydroxyl groups excluding tert-OH is 7.